The molecular weight excluding hydrogens is 110 g/mol. The molecule has 0 aliphatic carbocycles. The minimum absolute atomic E-state index is 0. The van der Waals surface area contributed by atoms with Crippen LogP contribution in [-0.4, -0.2) is 15.9 Å². The molecule has 0 atom stereocenters. The van der Waals surface area contributed by atoms with Gasteiger partial charge in [-0.2, -0.15) is 0 Å². The fourth-order valence-electron chi connectivity index (χ4n) is 0.176. The van der Waals surface area contributed by atoms with Crippen LogP contribution in [0.15, 0.2) is 17.1 Å². The van der Waals surface area contributed by atoms with Crippen molar-refractivity contribution in [1.29, 1.82) is 0 Å². The van der Waals surface area contributed by atoms with E-state index in [2.05, 4.69) is 4.98 Å². The zero-order valence-electron chi connectivity index (χ0n) is 2.59. The van der Waals surface area contributed by atoms with E-state index in [1.54, 1.807) is 23.0 Å². The summed E-state index contributed by atoms with van der Waals surface area (Å²) < 4.78 is 0. The molecule has 0 spiro atoms. The van der Waals surface area contributed by atoms with Gasteiger partial charge < -0.3 is 0 Å². The SMILES string of the molecule is [SiH4].c1cscn1. The van der Waals surface area contributed by atoms with E-state index in [-0.39, 0.29) is 11.0 Å². The second-order valence-corrected chi connectivity index (χ2v) is 1.43. The molecule has 0 aliphatic heterocycles. The monoisotopic (exact) mass is 117 g/mol. The Bertz CT molecular complexity index is 67.3. The lowest BCUT2D eigenvalue weighted by Gasteiger charge is -1.41. The molecule has 0 saturated heterocycles. The van der Waals surface area contributed by atoms with Crippen molar-refractivity contribution < 1.29 is 0 Å². The molecule has 1 nitrogen and oxygen atoms in total. The number of nitrogens with zero attached hydrogens (tertiary/aromatic N) is 1. The lowest BCUT2D eigenvalue weighted by Crippen LogP contribution is -1.38. The van der Waals surface area contributed by atoms with Crippen LogP contribution in [0.4, 0.5) is 0 Å². The number of aromatic nitrogens is 1. The molecule has 1 aromatic rings. The van der Waals surface area contributed by atoms with Gasteiger partial charge in [-0.15, -0.1) is 11.3 Å². The number of hydrogen-bond acceptors (Lipinski definition) is 2. The first-order valence-corrected chi connectivity index (χ1v) is 2.26. The summed E-state index contributed by atoms with van der Waals surface area (Å²) in [6.07, 6.45) is 1.77. The van der Waals surface area contributed by atoms with Crippen LogP contribution in [0.1, 0.15) is 0 Å². The van der Waals surface area contributed by atoms with E-state index >= 15 is 0 Å². The van der Waals surface area contributed by atoms with Gasteiger partial charge in [-0.25, -0.2) is 0 Å². The molecule has 0 fully saturated rings. The molecular formula is C3H7NSSi. The first kappa shape index (κ1) is 5.85. The average molecular weight is 117 g/mol. The first-order chi connectivity index (χ1) is 2.50. The zero-order valence-corrected chi connectivity index (χ0v) is 3.40. The fourth-order valence-corrected chi connectivity index (χ4v) is 0.527. The van der Waals surface area contributed by atoms with Crippen molar-refractivity contribution in [3.8, 4) is 0 Å². The minimum atomic E-state index is 0. The third-order valence-corrected chi connectivity index (χ3v) is 0.869. The predicted octanol–water partition coefficient (Wildman–Crippen LogP) is -0.308. The summed E-state index contributed by atoms with van der Waals surface area (Å²) >= 11 is 1.60. The Labute approximate surface area is 45.1 Å². The highest BCUT2D eigenvalue weighted by Gasteiger charge is 1.59. The van der Waals surface area contributed by atoms with Gasteiger partial charge in [0.1, 0.15) is 0 Å². The van der Waals surface area contributed by atoms with Gasteiger partial charge in [-0.3, -0.25) is 4.98 Å². The normalized spacial score (nSPS) is 6.67. The molecule has 3 heteroatoms. The summed E-state index contributed by atoms with van der Waals surface area (Å²) in [6, 6.07) is 0. The number of thiazole rings is 1. The van der Waals surface area contributed by atoms with Crippen molar-refractivity contribution in [1.82, 2.24) is 4.98 Å². The van der Waals surface area contributed by atoms with E-state index in [1.807, 2.05) is 5.38 Å². The van der Waals surface area contributed by atoms with Gasteiger partial charge in [-0.1, -0.05) is 0 Å². The van der Waals surface area contributed by atoms with Crippen LogP contribution in [0, 0.1) is 0 Å². The van der Waals surface area contributed by atoms with Crippen LogP contribution in [-0.2, 0) is 0 Å². The molecule has 1 aromatic heterocycles. The van der Waals surface area contributed by atoms with Gasteiger partial charge in [0.2, 0.25) is 0 Å². The standard InChI is InChI=1S/C3H3NS.H4Si/c1-2-5-3-4-1;/h1-3H;1H4. The number of rotatable bonds is 0. The van der Waals surface area contributed by atoms with Crippen LogP contribution >= 0.6 is 11.3 Å². The van der Waals surface area contributed by atoms with Crippen molar-refractivity contribution >= 4 is 22.3 Å². The van der Waals surface area contributed by atoms with Crippen molar-refractivity contribution in [2.45, 2.75) is 0 Å². The van der Waals surface area contributed by atoms with Crippen molar-refractivity contribution in [2.75, 3.05) is 0 Å². The third kappa shape index (κ3) is 1.33. The summed E-state index contributed by atoms with van der Waals surface area (Å²) in [6.45, 7) is 0. The highest BCUT2D eigenvalue weighted by atomic mass is 32.1. The van der Waals surface area contributed by atoms with Gasteiger partial charge in [0, 0.05) is 11.6 Å². The molecule has 0 radical (unpaired) electrons. The zero-order chi connectivity index (χ0) is 3.54. The molecule has 1 rings (SSSR count). The van der Waals surface area contributed by atoms with E-state index in [0.717, 1.165) is 0 Å². The van der Waals surface area contributed by atoms with Crippen molar-refractivity contribution in [3.05, 3.63) is 17.1 Å². The van der Waals surface area contributed by atoms with Crippen molar-refractivity contribution in [3.63, 3.8) is 0 Å². The topological polar surface area (TPSA) is 12.9 Å². The smallest absolute Gasteiger partial charge is 0.0791 e. The van der Waals surface area contributed by atoms with Gasteiger partial charge in [-0.05, 0) is 11.0 Å². The Morgan fingerprint density at radius 1 is 1.50 bits per heavy atom. The Balaban J connectivity index is 0.000000250. The fraction of sp³-hybridized carbons (Fsp3) is 0. The summed E-state index contributed by atoms with van der Waals surface area (Å²) in [5.74, 6) is 0. The first-order valence-electron chi connectivity index (χ1n) is 1.32. The lowest BCUT2D eigenvalue weighted by atomic mass is 11.0. The molecule has 0 unspecified atom stereocenters. The van der Waals surface area contributed by atoms with E-state index in [1.165, 1.54) is 0 Å². The highest BCUT2D eigenvalue weighted by molar-refractivity contribution is 7.07. The Morgan fingerprint density at radius 3 is 2.50 bits per heavy atom. The maximum absolute atomic E-state index is 3.74. The second-order valence-electron chi connectivity index (χ2n) is 0.676. The molecule has 0 N–H and O–H groups in total. The van der Waals surface area contributed by atoms with Gasteiger partial charge in [0.15, 0.2) is 0 Å². The van der Waals surface area contributed by atoms with Crippen LogP contribution in [0.5, 0.6) is 0 Å². The van der Waals surface area contributed by atoms with Gasteiger partial charge in [0.25, 0.3) is 0 Å². The maximum Gasteiger partial charge on any atom is 0.0791 e. The average Bonchev–Trinajstić information content (AvgIpc) is 1.76. The van der Waals surface area contributed by atoms with E-state index in [0.29, 0.717) is 0 Å². The van der Waals surface area contributed by atoms with Crippen LogP contribution in [0.2, 0.25) is 0 Å². The van der Waals surface area contributed by atoms with E-state index in [9.17, 15) is 0 Å². The van der Waals surface area contributed by atoms with Crippen molar-refractivity contribution in [2.24, 2.45) is 0 Å². The molecule has 0 aromatic carbocycles. The Kier molecular flexibility index (Phi) is 2.98. The van der Waals surface area contributed by atoms with Crippen LogP contribution < -0.4 is 0 Å². The Morgan fingerprint density at radius 2 is 2.33 bits per heavy atom. The van der Waals surface area contributed by atoms with Crippen LogP contribution in [0.25, 0.3) is 0 Å². The van der Waals surface area contributed by atoms with E-state index < -0.39 is 0 Å². The maximum atomic E-state index is 3.74. The summed E-state index contributed by atoms with van der Waals surface area (Å²) in [4.78, 5) is 3.74. The molecule has 0 bridgehead atoms. The summed E-state index contributed by atoms with van der Waals surface area (Å²) in [5.41, 5.74) is 1.79. The van der Waals surface area contributed by atoms with Crippen LogP contribution in [0.3, 0.4) is 0 Å². The second kappa shape index (κ2) is 3.05. The lowest BCUT2D eigenvalue weighted by molar-refractivity contribution is 1.43. The predicted molar refractivity (Wildman–Crippen MR) is 33.4 cm³/mol. The quantitative estimate of drug-likeness (QED) is 0.425. The van der Waals surface area contributed by atoms with Gasteiger partial charge in [0.05, 0.1) is 5.51 Å². The highest BCUT2D eigenvalue weighted by Crippen LogP contribution is 1.85. The molecule has 0 saturated carbocycles. The molecule has 1 heterocycles. The Hall–Kier alpha value is -0.153. The van der Waals surface area contributed by atoms with E-state index in [4.69, 9.17) is 0 Å². The minimum Gasteiger partial charge on any atom is -0.253 e. The molecule has 0 amide bonds. The summed E-state index contributed by atoms with van der Waals surface area (Å²) in [5, 5.41) is 1.93. The largest absolute Gasteiger partial charge is 0.253 e. The third-order valence-electron chi connectivity index (χ3n) is 0.347. The van der Waals surface area contributed by atoms with Gasteiger partial charge >= 0.3 is 0 Å². The summed E-state index contributed by atoms with van der Waals surface area (Å²) in [7, 11) is 0. The molecule has 34 valence electrons. The molecule has 6 heavy (non-hydrogen) atoms. The molecule has 0 aliphatic rings. The number of hydrogen-bond donors (Lipinski definition) is 0.